The van der Waals surface area contributed by atoms with Crippen molar-refractivity contribution >= 4 is 23.3 Å². The van der Waals surface area contributed by atoms with E-state index in [1.807, 2.05) is 32.0 Å². The van der Waals surface area contributed by atoms with E-state index in [1.165, 1.54) is 6.07 Å². The van der Waals surface area contributed by atoms with Gasteiger partial charge in [-0.25, -0.2) is 4.79 Å². The molecule has 8 heteroatoms. The number of rotatable bonds is 6. The lowest BCUT2D eigenvalue weighted by Gasteiger charge is -2.14. The Bertz CT molecular complexity index is 835. The Morgan fingerprint density at radius 1 is 1.00 bits per heavy atom. The summed E-state index contributed by atoms with van der Waals surface area (Å²) in [7, 11) is 0. The van der Waals surface area contributed by atoms with Gasteiger partial charge in [0.15, 0.2) is 6.61 Å². The van der Waals surface area contributed by atoms with E-state index in [1.54, 1.807) is 23.5 Å². The average Bonchev–Trinajstić information content (AvgIpc) is 2.61. The summed E-state index contributed by atoms with van der Waals surface area (Å²) in [5, 5.41) is 4.79. The first kappa shape index (κ1) is 20.3. The molecular formula is C19H19F3N2O3. The average molecular weight is 380 g/mol. The zero-order valence-electron chi connectivity index (χ0n) is 14.8. The second-order valence-corrected chi connectivity index (χ2v) is 5.89. The van der Waals surface area contributed by atoms with Gasteiger partial charge in [-0.05, 0) is 43.2 Å². The molecule has 0 radical (unpaired) electrons. The SMILES string of the molecule is Cc1cccc(Nc2ccccc2C(=O)OCC(=O)NCC(F)(F)F)c1C. The Balaban J connectivity index is 2.05. The summed E-state index contributed by atoms with van der Waals surface area (Å²) in [5.41, 5.74) is 3.51. The summed E-state index contributed by atoms with van der Waals surface area (Å²) in [6.45, 7) is 1.62. The second kappa shape index (κ2) is 8.57. The van der Waals surface area contributed by atoms with E-state index in [9.17, 15) is 22.8 Å². The smallest absolute Gasteiger partial charge is 0.405 e. The molecule has 0 saturated carbocycles. The van der Waals surface area contributed by atoms with Gasteiger partial charge in [0.2, 0.25) is 0 Å². The summed E-state index contributed by atoms with van der Waals surface area (Å²) in [5.74, 6) is -1.84. The van der Waals surface area contributed by atoms with Crippen LogP contribution in [0.15, 0.2) is 42.5 Å². The van der Waals surface area contributed by atoms with Crippen LogP contribution < -0.4 is 10.6 Å². The van der Waals surface area contributed by atoms with Crippen molar-refractivity contribution in [2.45, 2.75) is 20.0 Å². The van der Waals surface area contributed by atoms with Crippen molar-refractivity contribution in [3.05, 3.63) is 59.2 Å². The largest absolute Gasteiger partial charge is 0.452 e. The maximum Gasteiger partial charge on any atom is 0.405 e. The number of hydrogen-bond acceptors (Lipinski definition) is 4. The van der Waals surface area contributed by atoms with Gasteiger partial charge < -0.3 is 15.4 Å². The summed E-state index contributed by atoms with van der Waals surface area (Å²) in [6.07, 6.45) is -4.53. The van der Waals surface area contributed by atoms with Crippen LogP contribution in [-0.4, -0.2) is 31.2 Å². The Morgan fingerprint density at radius 2 is 1.67 bits per heavy atom. The van der Waals surface area contributed by atoms with E-state index in [0.29, 0.717) is 5.69 Å². The fourth-order valence-corrected chi connectivity index (χ4v) is 2.26. The molecule has 0 aliphatic carbocycles. The molecule has 2 N–H and O–H groups in total. The Morgan fingerprint density at radius 3 is 2.37 bits per heavy atom. The van der Waals surface area contributed by atoms with Gasteiger partial charge in [-0.1, -0.05) is 24.3 Å². The fourth-order valence-electron chi connectivity index (χ4n) is 2.26. The van der Waals surface area contributed by atoms with Crippen molar-refractivity contribution in [3.63, 3.8) is 0 Å². The van der Waals surface area contributed by atoms with Crippen molar-refractivity contribution < 1.29 is 27.5 Å². The Hall–Kier alpha value is -3.03. The highest BCUT2D eigenvalue weighted by molar-refractivity contribution is 5.97. The first-order valence-corrected chi connectivity index (χ1v) is 8.10. The third-order valence-electron chi connectivity index (χ3n) is 3.84. The van der Waals surface area contributed by atoms with Crippen LogP contribution in [0.25, 0.3) is 0 Å². The van der Waals surface area contributed by atoms with Gasteiger partial charge in [-0.2, -0.15) is 13.2 Å². The van der Waals surface area contributed by atoms with Gasteiger partial charge in [0.25, 0.3) is 5.91 Å². The first-order chi connectivity index (χ1) is 12.7. The quantitative estimate of drug-likeness (QED) is 0.747. The molecular weight excluding hydrogens is 361 g/mol. The monoisotopic (exact) mass is 380 g/mol. The molecule has 144 valence electrons. The lowest BCUT2D eigenvalue weighted by atomic mass is 10.1. The number of para-hydroxylation sites is 1. The number of nitrogens with one attached hydrogen (secondary N) is 2. The first-order valence-electron chi connectivity index (χ1n) is 8.10. The zero-order valence-corrected chi connectivity index (χ0v) is 14.8. The number of benzene rings is 2. The van der Waals surface area contributed by atoms with Crippen molar-refractivity contribution in [2.24, 2.45) is 0 Å². The Labute approximate surface area is 154 Å². The molecule has 0 fully saturated rings. The number of aryl methyl sites for hydroxylation is 1. The van der Waals surface area contributed by atoms with Crippen LogP contribution in [0.4, 0.5) is 24.5 Å². The third kappa shape index (κ3) is 6.02. The van der Waals surface area contributed by atoms with Gasteiger partial charge in [-0.15, -0.1) is 0 Å². The standard InChI is InChI=1S/C19H19F3N2O3/c1-12-6-5-9-15(13(12)2)24-16-8-4-3-7-14(16)18(26)27-10-17(25)23-11-19(20,21)22/h3-9,24H,10-11H2,1-2H3,(H,23,25). The molecule has 2 rings (SSSR count). The lowest BCUT2D eigenvalue weighted by Crippen LogP contribution is -2.36. The lowest BCUT2D eigenvalue weighted by molar-refractivity contribution is -0.140. The molecule has 0 heterocycles. The molecule has 0 bridgehead atoms. The van der Waals surface area contributed by atoms with E-state index in [-0.39, 0.29) is 5.56 Å². The molecule has 0 aromatic heterocycles. The van der Waals surface area contributed by atoms with Crippen LogP contribution in [0.1, 0.15) is 21.5 Å². The van der Waals surface area contributed by atoms with Crippen LogP contribution in [-0.2, 0) is 9.53 Å². The number of halogens is 3. The summed E-state index contributed by atoms with van der Waals surface area (Å²) < 4.78 is 41.0. The number of anilines is 2. The van der Waals surface area contributed by atoms with Crippen molar-refractivity contribution in [1.82, 2.24) is 5.32 Å². The van der Waals surface area contributed by atoms with Gasteiger partial charge in [0.05, 0.1) is 11.3 Å². The molecule has 2 aromatic rings. The van der Waals surface area contributed by atoms with Crippen molar-refractivity contribution in [1.29, 1.82) is 0 Å². The topological polar surface area (TPSA) is 67.4 Å². The van der Waals surface area contributed by atoms with Crippen LogP contribution >= 0.6 is 0 Å². The maximum absolute atomic E-state index is 12.2. The molecule has 0 saturated heterocycles. The molecule has 0 aliphatic heterocycles. The van der Waals surface area contributed by atoms with Crippen LogP contribution in [0.2, 0.25) is 0 Å². The second-order valence-electron chi connectivity index (χ2n) is 5.89. The van der Waals surface area contributed by atoms with Crippen molar-refractivity contribution in [2.75, 3.05) is 18.5 Å². The minimum Gasteiger partial charge on any atom is -0.452 e. The van der Waals surface area contributed by atoms with Gasteiger partial charge in [0.1, 0.15) is 6.54 Å². The molecule has 1 amide bonds. The van der Waals surface area contributed by atoms with Crippen LogP contribution in [0.3, 0.4) is 0 Å². The molecule has 0 spiro atoms. The number of amides is 1. The predicted octanol–water partition coefficient (Wildman–Crippen LogP) is 3.88. The fraction of sp³-hybridized carbons (Fsp3) is 0.263. The highest BCUT2D eigenvalue weighted by atomic mass is 19.4. The van der Waals surface area contributed by atoms with Gasteiger partial charge in [0, 0.05) is 5.69 Å². The molecule has 2 aromatic carbocycles. The number of alkyl halides is 3. The molecule has 0 aliphatic rings. The third-order valence-corrected chi connectivity index (χ3v) is 3.84. The minimum absolute atomic E-state index is 0.169. The molecule has 0 atom stereocenters. The minimum atomic E-state index is -4.53. The molecule has 27 heavy (non-hydrogen) atoms. The Kier molecular flexibility index (Phi) is 6.44. The normalized spacial score (nSPS) is 11.0. The summed E-state index contributed by atoms with van der Waals surface area (Å²) in [4.78, 5) is 23.6. The van der Waals surface area contributed by atoms with Gasteiger partial charge in [-0.3, -0.25) is 4.79 Å². The number of ether oxygens (including phenoxy) is 1. The van der Waals surface area contributed by atoms with Crippen LogP contribution in [0, 0.1) is 13.8 Å². The van der Waals surface area contributed by atoms with Crippen LogP contribution in [0.5, 0.6) is 0 Å². The molecule has 5 nitrogen and oxygen atoms in total. The van der Waals surface area contributed by atoms with Crippen molar-refractivity contribution in [3.8, 4) is 0 Å². The maximum atomic E-state index is 12.2. The number of carbonyl (C=O) groups excluding carboxylic acids is 2. The van der Waals surface area contributed by atoms with E-state index in [4.69, 9.17) is 4.74 Å². The molecule has 0 unspecified atom stereocenters. The number of hydrogen-bond donors (Lipinski definition) is 2. The zero-order chi connectivity index (χ0) is 20.0. The van der Waals surface area contributed by atoms with E-state index < -0.39 is 31.2 Å². The number of carbonyl (C=O) groups is 2. The highest BCUT2D eigenvalue weighted by Crippen LogP contribution is 2.25. The van der Waals surface area contributed by atoms with E-state index in [2.05, 4.69) is 5.32 Å². The van der Waals surface area contributed by atoms with Gasteiger partial charge >= 0.3 is 12.1 Å². The highest BCUT2D eigenvalue weighted by Gasteiger charge is 2.28. The van der Waals surface area contributed by atoms with E-state index >= 15 is 0 Å². The summed E-state index contributed by atoms with van der Waals surface area (Å²) >= 11 is 0. The number of esters is 1. The van der Waals surface area contributed by atoms with E-state index in [0.717, 1.165) is 16.8 Å². The predicted molar refractivity (Wildman–Crippen MR) is 95.0 cm³/mol. The summed E-state index contributed by atoms with van der Waals surface area (Å²) in [6, 6.07) is 12.2.